The Bertz CT molecular complexity index is 1030. The molecule has 0 bridgehead atoms. The van der Waals surface area contributed by atoms with Crippen LogP contribution < -0.4 is 0 Å². The van der Waals surface area contributed by atoms with Gasteiger partial charge in [-0.3, -0.25) is 9.59 Å². The number of likely N-dealkylation sites (N-methyl/N-ethyl adjacent to an activating group) is 1. The van der Waals surface area contributed by atoms with Gasteiger partial charge < -0.3 is 23.8 Å². The van der Waals surface area contributed by atoms with Crippen molar-refractivity contribution in [3.05, 3.63) is 36.5 Å². The van der Waals surface area contributed by atoms with E-state index >= 15 is 0 Å². The lowest BCUT2D eigenvalue weighted by atomic mass is 10.0. The Morgan fingerprint density at radius 1 is 0.544 bits per heavy atom. The maximum Gasteiger partial charge on any atom is 0.362 e. The van der Waals surface area contributed by atoms with Crippen molar-refractivity contribution in [2.75, 3.05) is 41.0 Å². The number of carboxylic acid groups (broad SMARTS) is 1. The minimum atomic E-state index is -0.879. The predicted molar refractivity (Wildman–Crippen MR) is 238 cm³/mol. The van der Waals surface area contributed by atoms with Gasteiger partial charge in [0.05, 0.1) is 34.4 Å². The molecule has 0 aliphatic rings. The van der Waals surface area contributed by atoms with E-state index in [0.717, 1.165) is 57.8 Å². The Kier molecular flexibility index (Phi) is 38.6. The van der Waals surface area contributed by atoms with Crippen molar-refractivity contribution in [3.8, 4) is 0 Å². The van der Waals surface area contributed by atoms with Gasteiger partial charge in [0.25, 0.3) is 0 Å². The predicted octanol–water partition coefficient (Wildman–Crippen LogP) is 13.0. The van der Waals surface area contributed by atoms with Crippen LogP contribution in [-0.4, -0.2) is 80.6 Å². The van der Waals surface area contributed by atoms with Gasteiger partial charge in [0, 0.05) is 19.3 Å². The van der Waals surface area contributed by atoms with E-state index in [4.69, 9.17) is 14.2 Å². The number of allylic oxidation sites excluding steroid dienone is 6. The number of hydrogen-bond acceptors (Lipinski definition) is 6. The van der Waals surface area contributed by atoms with Crippen LogP contribution in [0.4, 0.5) is 0 Å². The number of ether oxygens (including phenoxy) is 3. The summed E-state index contributed by atoms with van der Waals surface area (Å²) in [7, 11) is 5.52. The van der Waals surface area contributed by atoms with E-state index in [-0.39, 0.29) is 36.2 Å². The first-order valence-electron chi connectivity index (χ1n) is 23.5. The summed E-state index contributed by atoms with van der Waals surface area (Å²) < 4.78 is 17.3. The van der Waals surface area contributed by atoms with E-state index in [1.807, 2.05) is 21.1 Å². The molecule has 332 valence electrons. The molecule has 0 aromatic heterocycles. The third-order valence-corrected chi connectivity index (χ3v) is 10.6. The molecule has 8 heteroatoms. The molecule has 0 rings (SSSR count). The van der Waals surface area contributed by atoms with Crippen LogP contribution in [-0.2, 0) is 28.6 Å². The van der Waals surface area contributed by atoms with Gasteiger partial charge in [0.2, 0.25) is 0 Å². The van der Waals surface area contributed by atoms with Crippen molar-refractivity contribution in [1.29, 1.82) is 0 Å². The van der Waals surface area contributed by atoms with Gasteiger partial charge in [-0.2, -0.15) is 0 Å². The van der Waals surface area contributed by atoms with Crippen molar-refractivity contribution < 1.29 is 38.2 Å². The third kappa shape index (κ3) is 38.8. The number of rotatable bonds is 42. The Balaban J connectivity index is 4.25. The van der Waals surface area contributed by atoms with Crippen LogP contribution in [0.2, 0.25) is 0 Å². The van der Waals surface area contributed by atoms with Gasteiger partial charge in [0.15, 0.2) is 12.1 Å². The second-order valence-electron chi connectivity index (χ2n) is 17.0. The number of quaternary nitrogens is 1. The normalized spacial score (nSPS) is 13.2. The highest BCUT2D eigenvalue weighted by Gasteiger charge is 2.31. The van der Waals surface area contributed by atoms with E-state index < -0.39 is 18.1 Å². The van der Waals surface area contributed by atoms with Crippen molar-refractivity contribution in [2.24, 2.45) is 0 Å². The number of unbranched alkanes of at least 4 members (excludes halogenated alkanes) is 22. The molecule has 0 aromatic rings. The molecule has 0 saturated carbocycles. The summed E-state index contributed by atoms with van der Waals surface area (Å²) in [6.07, 6.45) is 46.3. The molecule has 0 heterocycles. The molecular weight excluding hydrogens is 715 g/mol. The molecule has 0 aliphatic heterocycles. The summed E-state index contributed by atoms with van der Waals surface area (Å²) in [5.41, 5.74) is 0. The topological polar surface area (TPSA) is 99.1 Å². The molecule has 2 unspecified atom stereocenters. The zero-order chi connectivity index (χ0) is 42.1. The first kappa shape index (κ1) is 54.6. The van der Waals surface area contributed by atoms with Crippen LogP contribution in [0, 0.1) is 0 Å². The highest BCUT2D eigenvalue weighted by Crippen LogP contribution is 2.16. The number of esters is 2. The summed E-state index contributed by atoms with van der Waals surface area (Å²) >= 11 is 0. The number of carbonyl (C=O) groups excluding carboxylic acids is 2. The van der Waals surface area contributed by atoms with Crippen LogP contribution in [0.3, 0.4) is 0 Å². The van der Waals surface area contributed by atoms with Crippen molar-refractivity contribution in [1.82, 2.24) is 0 Å². The lowest BCUT2D eigenvalue weighted by molar-refractivity contribution is -0.887. The molecule has 0 aliphatic carbocycles. The minimum Gasteiger partial charge on any atom is -0.477 e. The van der Waals surface area contributed by atoms with Gasteiger partial charge in [-0.25, -0.2) is 4.79 Å². The van der Waals surface area contributed by atoms with Crippen LogP contribution in [0.5, 0.6) is 0 Å². The van der Waals surface area contributed by atoms with Gasteiger partial charge >= 0.3 is 17.9 Å². The lowest BCUT2D eigenvalue weighted by Crippen LogP contribution is -2.50. The van der Waals surface area contributed by atoms with Gasteiger partial charge in [-0.1, -0.05) is 179 Å². The first-order chi connectivity index (χ1) is 27.6. The quantitative estimate of drug-likeness (QED) is 0.0284. The first-order valence-corrected chi connectivity index (χ1v) is 23.5. The molecule has 0 saturated heterocycles. The third-order valence-electron chi connectivity index (χ3n) is 10.6. The summed E-state index contributed by atoms with van der Waals surface area (Å²) in [5, 5.41) is 9.62. The van der Waals surface area contributed by atoms with E-state index in [0.29, 0.717) is 19.3 Å². The minimum absolute atomic E-state index is 0.0515. The fraction of sp³-hybridized carbons (Fsp3) is 0.816. The highest BCUT2D eigenvalue weighted by molar-refractivity contribution is 5.72. The Morgan fingerprint density at radius 2 is 0.982 bits per heavy atom. The van der Waals surface area contributed by atoms with Crippen molar-refractivity contribution in [3.63, 3.8) is 0 Å². The molecule has 0 fully saturated rings. The Labute approximate surface area is 351 Å². The fourth-order valence-electron chi connectivity index (χ4n) is 6.93. The zero-order valence-electron chi connectivity index (χ0n) is 37.8. The molecule has 0 radical (unpaired) electrons. The molecular formula is C49H90NO7+. The molecule has 0 spiro atoms. The second-order valence-corrected chi connectivity index (χ2v) is 17.0. The Morgan fingerprint density at radius 3 is 1.46 bits per heavy atom. The van der Waals surface area contributed by atoms with Gasteiger partial charge in [0.1, 0.15) is 6.61 Å². The molecule has 1 N–H and O–H groups in total. The van der Waals surface area contributed by atoms with E-state index in [9.17, 15) is 19.5 Å². The molecule has 0 amide bonds. The smallest absolute Gasteiger partial charge is 0.362 e. The number of nitrogens with zero attached hydrogens (tertiary/aromatic N) is 1. The monoisotopic (exact) mass is 805 g/mol. The van der Waals surface area contributed by atoms with Gasteiger partial charge in [-0.15, -0.1) is 0 Å². The zero-order valence-corrected chi connectivity index (χ0v) is 37.8. The van der Waals surface area contributed by atoms with Crippen LogP contribution in [0.15, 0.2) is 36.5 Å². The Hall–Kier alpha value is -2.45. The number of carboxylic acids is 1. The van der Waals surface area contributed by atoms with Crippen LogP contribution >= 0.6 is 0 Å². The van der Waals surface area contributed by atoms with Crippen LogP contribution in [0.25, 0.3) is 0 Å². The van der Waals surface area contributed by atoms with E-state index in [1.54, 1.807) is 0 Å². The molecule has 0 aromatic carbocycles. The molecule has 57 heavy (non-hydrogen) atoms. The standard InChI is InChI=1S/C49H89NO7/c1-6-8-10-12-14-16-18-20-21-22-23-24-25-26-27-28-30-32-34-36-38-40-48(52)57-45(43-55-42-41-46(49(53)54)50(3,4)5)44-56-47(51)39-37-35-33-31-29-19-17-15-13-11-9-7-2/h9,11,15,17,29,31,45-46H,6-8,10,12-14,16,18-28,30,32-44H2,1-5H3/p+1/b11-9+,17-15+,31-29+. The van der Waals surface area contributed by atoms with Crippen LogP contribution in [0.1, 0.15) is 206 Å². The highest BCUT2D eigenvalue weighted by atomic mass is 16.6. The summed E-state index contributed by atoms with van der Waals surface area (Å²) in [6, 6.07) is -0.618. The van der Waals surface area contributed by atoms with Crippen molar-refractivity contribution in [2.45, 2.75) is 219 Å². The maximum atomic E-state index is 12.7. The molecule has 2 atom stereocenters. The van der Waals surface area contributed by atoms with E-state index in [2.05, 4.69) is 50.3 Å². The summed E-state index contributed by atoms with van der Waals surface area (Å²) in [5.74, 6) is -1.51. The average molecular weight is 805 g/mol. The van der Waals surface area contributed by atoms with Gasteiger partial charge in [-0.05, 0) is 44.9 Å². The SMILES string of the molecule is CC/C=C/C/C=C/C/C=C/CCCCC(=O)OCC(COCCC(C(=O)O)[N+](C)(C)C)OC(=O)CCCCCCCCCCCCCCCCCCCCCCC. The number of hydrogen-bond donors (Lipinski definition) is 1. The second kappa shape index (κ2) is 40.3. The number of carbonyl (C=O) groups is 3. The average Bonchev–Trinajstić information content (AvgIpc) is 3.17. The largest absolute Gasteiger partial charge is 0.477 e. The summed E-state index contributed by atoms with van der Waals surface area (Å²) in [4.78, 5) is 37.0. The summed E-state index contributed by atoms with van der Waals surface area (Å²) in [6.45, 7) is 4.60. The fourth-order valence-corrected chi connectivity index (χ4v) is 6.93. The van der Waals surface area contributed by atoms with Crippen molar-refractivity contribution >= 4 is 17.9 Å². The lowest BCUT2D eigenvalue weighted by Gasteiger charge is -2.31. The maximum absolute atomic E-state index is 12.7. The van der Waals surface area contributed by atoms with E-state index in [1.165, 1.54) is 116 Å². The number of aliphatic carboxylic acids is 1. The molecule has 8 nitrogen and oxygen atoms in total.